The second kappa shape index (κ2) is 8.17. The predicted octanol–water partition coefficient (Wildman–Crippen LogP) is 2.61. The highest BCUT2D eigenvalue weighted by atomic mass is 33.1. The third-order valence-corrected chi connectivity index (χ3v) is 3.47. The van der Waals surface area contributed by atoms with E-state index in [4.69, 9.17) is 12.2 Å². The molecule has 0 aromatic heterocycles. The fourth-order valence-electron chi connectivity index (χ4n) is 0.321. The third-order valence-electron chi connectivity index (χ3n) is 0.711. The Balaban J connectivity index is 3.21. The standard InChI is InChI=1S/C7H11NS3/c1-3-5-8-7(9)11-10-6-4-2/h3-4H,1-2,5-6H2,(H,8,9). The van der Waals surface area contributed by atoms with Crippen molar-refractivity contribution in [1.29, 1.82) is 0 Å². The van der Waals surface area contributed by atoms with Gasteiger partial charge < -0.3 is 5.32 Å². The van der Waals surface area contributed by atoms with Crippen molar-refractivity contribution in [2.45, 2.75) is 0 Å². The molecule has 0 saturated carbocycles. The van der Waals surface area contributed by atoms with Crippen molar-refractivity contribution in [3.63, 3.8) is 0 Å². The minimum absolute atomic E-state index is 0.737. The zero-order valence-corrected chi connectivity index (χ0v) is 8.66. The van der Waals surface area contributed by atoms with Crippen molar-refractivity contribution < 1.29 is 0 Å². The summed E-state index contributed by atoms with van der Waals surface area (Å²) in [5, 5.41) is 3.01. The van der Waals surface area contributed by atoms with Crippen LogP contribution >= 0.6 is 33.8 Å². The van der Waals surface area contributed by atoms with Crippen molar-refractivity contribution in [3.8, 4) is 0 Å². The van der Waals surface area contributed by atoms with Crippen molar-refractivity contribution in [2.75, 3.05) is 12.3 Å². The SMILES string of the molecule is C=CCNC(=S)SSCC=C. The average Bonchev–Trinajstić information content (AvgIpc) is 2.01. The number of nitrogens with one attached hydrogen (secondary N) is 1. The molecule has 1 nitrogen and oxygen atoms in total. The maximum Gasteiger partial charge on any atom is 0.144 e. The minimum atomic E-state index is 0.737. The van der Waals surface area contributed by atoms with Crippen LogP contribution in [0.25, 0.3) is 0 Å². The van der Waals surface area contributed by atoms with Crippen LogP contribution in [0.15, 0.2) is 25.3 Å². The maximum atomic E-state index is 4.98. The zero-order chi connectivity index (χ0) is 8.53. The summed E-state index contributed by atoms with van der Waals surface area (Å²) in [4.78, 5) is 0. The van der Waals surface area contributed by atoms with E-state index >= 15 is 0 Å². The fraction of sp³-hybridized carbons (Fsp3) is 0.286. The van der Waals surface area contributed by atoms with Gasteiger partial charge in [-0.1, -0.05) is 35.2 Å². The summed E-state index contributed by atoms with van der Waals surface area (Å²) >= 11 is 4.98. The van der Waals surface area contributed by atoms with Crippen LogP contribution in [-0.4, -0.2) is 16.6 Å². The molecule has 11 heavy (non-hydrogen) atoms. The molecule has 0 rings (SSSR count). The summed E-state index contributed by atoms with van der Waals surface area (Å²) in [5.74, 6) is 0.917. The van der Waals surface area contributed by atoms with Gasteiger partial charge in [-0.15, -0.1) is 13.2 Å². The molecule has 0 heterocycles. The number of hydrogen-bond donors (Lipinski definition) is 1. The van der Waals surface area contributed by atoms with Gasteiger partial charge in [0.25, 0.3) is 0 Å². The second-order valence-corrected chi connectivity index (χ2v) is 4.63. The van der Waals surface area contributed by atoms with Crippen LogP contribution in [0, 0.1) is 0 Å². The molecule has 0 atom stereocenters. The first-order chi connectivity index (χ1) is 5.31. The van der Waals surface area contributed by atoms with E-state index in [1.165, 1.54) is 0 Å². The second-order valence-electron chi connectivity index (χ2n) is 1.61. The van der Waals surface area contributed by atoms with Crippen molar-refractivity contribution in [3.05, 3.63) is 25.3 Å². The lowest BCUT2D eigenvalue weighted by molar-refractivity contribution is 1.08. The minimum Gasteiger partial charge on any atom is -0.367 e. The van der Waals surface area contributed by atoms with Gasteiger partial charge in [0, 0.05) is 12.3 Å². The molecule has 0 amide bonds. The molecule has 0 aliphatic carbocycles. The van der Waals surface area contributed by atoms with Crippen molar-refractivity contribution in [1.82, 2.24) is 5.32 Å². The molecule has 1 N–H and O–H groups in total. The van der Waals surface area contributed by atoms with Gasteiger partial charge in [0.1, 0.15) is 4.32 Å². The van der Waals surface area contributed by atoms with E-state index in [-0.39, 0.29) is 0 Å². The largest absolute Gasteiger partial charge is 0.367 e. The van der Waals surface area contributed by atoms with Gasteiger partial charge in [-0.25, -0.2) is 0 Å². The summed E-state index contributed by atoms with van der Waals surface area (Å²) in [5.41, 5.74) is 0. The number of hydrogen-bond acceptors (Lipinski definition) is 3. The van der Waals surface area contributed by atoms with E-state index in [2.05, 4.69) is 18.5 Å². The van der Waals surface area contributed by atoms with Gasteiger partial charge in [0.2, 0.25) is 0 Å². The Morgan fingerprint density at radius 1 is 1.45 bits per heavy atom. The monoisotopic (exact) mass is 205 g/mol. The maximum absolute atomic E-state index is 4.98. The smallest absolute Gasteiger partial charge is 0.144 e. The summed E-state index contributed by atoms with van der Waals surface area (Å²) in [6.45, 7) is 7.92. The number of rotatable bonds is 5. The van der Waals surface area contributed by atoms with Gasteiger partial charge in [-0.2, -0.15) is 0 Å². The highest BCUT2D eigenvalue weighted by Gasteiger charge is 1.93. The van der Waals surface area contributed by atoms with Gasteiger partial charge in [-0.05, 0) is 10.8 Å². The summed E-state index contributed by atoms with van der Waals surface area (Å²) in [6.07, 6.45) is 3.64. The molecule has 0 radical (unpaired) electrons. The molecule has 0 spiro atoms. The van der Waals surface area contributed by atoms with E-state index in [1.807, 2.05) is 6.08 Å². The first-order valence-corrected chi connectivity index (χ1v) is 5.83. The Hall–Kier alpha value is 0.0700. The molecular formula is C7H11NS3. The Labute approximate surface area is 81.1 Å². The molecule has 0 bridgehead atoms. The predicted molar refractivity (Wildman–Crippen MR) is 61.0 cm³/mol. The molecule has 0 aliphatic rings. The highest BCUT2D eigenvalue weighted by Crippen LogP contribution is 2.21. The first-order valence-electron chi connectivity index (χ1n) is 3.10. The van der Waals surface area contributed by atoms with E-state index in [1.54, 1.807) is 27.7 Å². The molecular weight excluding hydrogens is 194 g/mol. The average molecular weight is 205 g/mol. The van der Waals surface area contributed by atoms with E-state index in [0.29, 0.717) is 0 Å². The molecule has 0 aliphatic heterocycles. The summed E-state index contributed by atoms with van der Waals surface area (Å²) < 4.78 is 0.803. The van der Waals surface area contributed by atoms with Crippen LogP contribution in [0.1, 0.15) is 0 Å². The quantitative estimate of drug-likeness (QED) is 0.320. The molecule has 0 aromatic rings. The Bertz CT molecular complexity index is 145. The van der Waals surface area contributed by atoms with Gasteiger partial charge >= 0.3 is 0 Å². The lowest BCUT2D eigenvalue weighted by Crippen LogP contribution is -2.16. The Morgan fingerprint density at radius 3 is 2.73 bits per heavy atom. The molecule has 4 heteroatoms. The van der Waals surface area contributed by atoms with Gasteiger partial charge in [0.05, 0.1) is 0 Å². The van der Waals surface area contributed by atoms with Gasteiger partial charge in [-0.3, -0.25) is 0 Å². The lowest BCUT2D eigenvalue weighted by Gasteiger charge is -2.01. The Kier molecular flexibility index (Phi) is 8.22. The first kappa shape index (κ1) is 11.1. The van der Waals surface area contributed by atoms with Crippen LogP contribution < -0.4 is 5.32 Å². The topological polar surface area (TPSA) is 12.0 Å². The zero-order valence-electron chi connectivity index (χ0n) is 6.21. The summed E-state index contributed by atoms with van der Waals surface area (Å²) in [6, 6.07) is 0. The van der Waals surface area contributed by atoms with Crippen LogP contribution in [0.4, 0.5) is 0 Å². The van der Waals surface area contributed by atoms with E-state index < -0.39 is 0 Å². The van der Waals surface area contributed by atoms with Crippen LogP contribution in [0.3, 0.4) is 0 Å². The van der Waals surface area contributed by atoms with E-state index in [9.17, 15) is 0 Å². The molecule has 0 unspecified atom stereocenters. The highest BCUT2D eigenvalue weighted by molar-refractivity contribution is 8.83. The molecule has 0 aromatic carbocycles. The van der Waals surface area contributed by atoms with Crippen molar-refractivity contribution >= 4 is 38.1 Å². The molecule has 0 fully saturated rings. The van der Waals surface area contributed by atoms with Crippen molar-refractivity contribution in [2.24, 2.45) is 0 Å². The van der Waals surface area contributed by atoms with Crippen LogP contribution in [-0.2, 0) is 0 Å². The Morgan fingerprint density at radius 2 is 2.18 bits per heavy atom. The molecule has 0 saturated heterocycles. The number of thiocarbonyl (C=S) groups is 1. The van der Waals surface area contributed by atoms with E-state index in [0.717, 1.165) is 16.6 Å². The van der Waals surface area contributed by atoms with Crippen LogP contribution in [0.5, 0.6) is 0 Å². The third kappa shape index (κ3) is 7.97. The molecule has 62 valence electrons. The lowest BCUT2D eigenvalue weighted by atomic mass is 10.6. The normalized spacial score (nSPS) is 8.73. The summed E-state index contributed by atoms with van der Waals surface area (Å²) in [7, 11) is 3.23. The van der Waals surface area contributed by atoms with Gasteiger partial charge in [0.15, 0.2) is 0 Å². The fourth-order valence-corrected chi connectivity index (χ4v) is 2.24. The van der Waals surface area contributed by atoms with Crippen LogP contribution in [0.2, 0.25) is 0 Å².